The van der Waals surface area contributed by atoms with Crippen LogP contribution in [0, 0.1) is 10.5 Å². The molecule has 64 valence electrons. The van der Waals surface area contributed by atoms with E-state index in [1.54, 1.807) is 12.1 Å². The number of carbonyl (C=O) groups excluding carboxylic acids is 1. The fraction of sp³-hybridized carbons (Fsp3) is 0.125. The van der Waals surface area contributed by atoms with E-state index in [4.69, 9.17) is 0 Å². The summed E-state index contributed by atoms with van der Waals surface area (Å²) in [7, 11) is 0. The predicted octanol–water partition coefficient (Wildman–Crippen LogP) is 2.38. The largest absolute Gasteiger partial charge is 0.506 e. The number of benzene rings is 1. The lowest BCUT2D eigenvalue weighted by Crippen LogP contribution is -1.92. The molecule has 0 bridgehead atoms. The zero-order chi connectivity index (χ0) is 9.30. The van der Waals surface area contributed by atoms with Crippen LogP contribution in [0.2, 0.25) is 0 Å². The van der Waals surface area contributed by atoms with E-state index < -0.39 is 5.12 Å². The number of hydrogen-bond donors (Lipinski definition) is 2. The van der Waals surface area contributed by atoms with Crippen molar-refractivity contribution in [3.63, 3.8) is 0 Å². The first kappa shape index (κ1) is 9.85. The van der Waals surface area contributed by atoms with Crippen LogP contribution in [0.4, 0.5) is 0 Å². The monoisotopic (exact) mass is 294 g/mol. The molecule has 4 heteroatoms. The molecule has 1 N–H and O–H groups in total. The minimum atomic E-state index is -0.408. The Kier molecular flexibility index (Phi) is 3.00. The van der Waals surface area contributed by atoms with Gasteiger partial charge in [-0.15, -0.1) is 12.6 Å². The Balaban J connectivity index is 3.37. The SMILES string of the molecule is Cc1cc(I)c(O)c(C(=O)S)c1. The molecular weight excluding hydrogens is 287 g/mol. The van der Waals surface area contributed by atoms with Crippen molar-refractivity contribution in [2.45, 2.75) is 6.92 Å². The molecule has 0 amide bonds. The highest BCUT2D eigenvalue weighted by Gasteiger charge is 2.10. The van der Waals surface area contributed by atoms with Crippen LogP contribution in [0.1, 0.15) is 15.9 Å². The number of aryl methyl sites for hydroxylation is 1. The van der Waals surface area contributed by atoms with Gasteiger partial charge in [-0.1, -0.05) is 0 Å². The molecule has 1 aromatic rings. The third-order valence-electron chi connectivity index (χ3n) is 1.44. The fourth-order valence-corrected chi connectivity index (χ4v) is 1.85. The first-order valence-corrected chi connectivity index (χ1v) is 4.77. The third kappa shape index (κ3) is 1.92. The molecule has 1 aromatic carbocycles. The topological polar surface area (TPSA) is 37.3 Å². The quantitative estimate of drug-likeness (QED) is 0.616. The van der Waals surface area contributed by atoms with Crippen molar-refractivity contribution in [1.82, 2.24) is 0 Å². The lowest BCUT2D eigenvalue weighted by molar-refractivity contribution is 0.108. The van der Waals surface area contributed by atoms with E-state index in [9.17, 15) is 9.90 Å². The maximum absolute atomic E-state index is 10.9. The standard InChI is InChI=1S/C8H7IO2S/c1-4-2-5(8(11)12)7(10)6(9)3-4/h2-3,10H,1H3,(H,11,12). The highest BCUT2D eigenvalue weighted by molar-refractivity contribution is 14.1. The zero-order valence-electron chi connectivity index (χ0n) is 6.34. The molecule has 0 saturated carbocycles. The van der Waals surface area contributed by atoms with Crippen molar-refractivity contribution in [3.05, 3.63) is 26.8 Å². The van der Waals surface area contributed by atoms with Crippen molar-refractivity contribution >= 4 is 40.3 Å². The highest BCUT2D eigenvalue weighted by atomic mass is 127. The van der Waals surface area contributed by atoms with Crippen LogP contribution in [0.25, 0.3) is 0 Å². The summed E-state index contributed by atoms with van der Waals surface area (Å²) in [6.45, 7) is 1.86. The molecule has 0 aliphatic carbocycles. The average molecular weight is 294 g/mol. The number of thiol groups is 1. The van der Waals surface area contributed by atoms with Gasteiger partial charge < -0.3 is 5.11 Å². The summed E-state index contributed by atoms with van der Waals surface area (Å²) < 4.78 is 0.671. The number of hydrogen-bond acceptors (Lipinski definition) is 2. The minimum absolute atomic E-state index is 0.0150. The van der Waals surface area contributed by atoms with Gasteiger partial charge in [0.05, 0.1) is 9.13 Å². The van der Waals surface area contributed by atoms with E-state index in [2.05, 4.69) is 12.6 Å². The van der Waals surface area contributed by atoms with Gasteiger partial charge in [-0.3, -0.25) is 4.79 Å². The molecule has 0 atom stereocenters. The lowest BCUT2D eigenvalue weighted by atomic mass is 10.1. The Hall–Kier alpha value is -0.230. The van der Waals surface area contributed by atoms with Crippen molar-refractivity contribution in [3.8, 4) is 5.75 Å². The van der Waals surface area contributed by atoms with Crippen LogP contribution in [0.5, 0.6) is 5.75 Å². The fourth-order valence-electron chi connectivity index (χ4n) is 0.898. The Bertz CT molecular complexity index is 336. The number of carbonyl (C=O) groups is 1. The van der Waals surface area contributed by atoms with E-state index in [0.29, 0.717) is 3.57 Å². The Morgan fingerprint density at radius 1 is 1.58 bits per heavy atom. The second-order valence-electron chi connectivity index (χ2n) is 2.45. The van der Waals surface area contributed by atoms with Gasteiger partial charge in [0.1, 0.15) is 5.75 Å². The molecule has 0 spiro atoms. The maximum atomic E-state index is 10.9. The van der Waals surface area contributed by atoms with Crippen molar-refractivity contribution in [2.75, 3.05) is 0 Å². The smallest absolute Gasteiger partial charge is 0.220 e. The number of aromatic hydroxyl groups is 1. The van der Waals surface area contributed by atoms with Gasteiger partial charge >= 0.3 is 0 Å². The van der Waals surface area contributed by atoms with E-state index in [1.807, 2.05) is 29.5 Å². The minimum Gasteiger partial charge on any atom is -0.506 e. The summed E-state index contributed by atoms with van der Waals surface area (Å²) >= 11 is 5.62. The summed E-state index contributed by atoms with van der Waals surface area (Å²) in [4.78, 5) is 10.9. The number of rotatable bonds is 1. The molecule has 0 radical (unpaired) electrons. The predicted molar refractivity (Wildman–Crippen MR) is 58.9 cm³/mol. The van der Waals surface area contributed by atoms with Crippen LogP contribution in [0.15, 0.2) is 12.1 Å². The molecule has 0 saturated heterocycles. The number of phenols is 1. The molecular formula is C8H7IO2S. The molecule has 2 nitrogen and oxygen atoms in total. The van der Waals surface area contributed by atoms with Crippen LogP contribution in [-0.4, -0.2) is 10.2 Å². The number of phenolic OH excluding ortho intramolecular Hbond substituents is 1. The van der Waals surface area contributed by atoms with Crippen LogP contribution < -0.4 is 0 Å². The molecule has 0 aromatic heterocycles. The van der Waals surface area contributed by atoms with Crippen LogP contribution in [-0.2, 0) is 0 Å². The Labute approximate surface area is 89.5 Å². The van der Waals surface area contributed by atoms with E-state index in [-0.39, 0.29) is 11.3 Å². The van der Waals surface area contributed by atoms with Gasteiger partial charge in [-0.2, -0.15) is 0 Å². The number of halogens is 1. The zero-order valence-corrected chi connectivity index (χ0v) is 9.39. The average Bonchev–Trinajstić information content (AvgIpc) is 1.96. The van der Waals surface area contributed by atoms with Gasteiger partial charge in [-0.05, 0) is 47.2 Å². The maximum Gasteiger partial charge on any atom is 0.220 e. The Morgan fingerprint density at radius 3 is 2.67 bits per heavy atom. The molecule has 0 aliphatic heterocycles. The van der Waals surface area contributed by atoms with Crippen molar-refractivity contribution in [2.24, 2.45) is 0 Å². The third-order valence-corrected chi connectivity index (χ3v) is 2.50. The van der Waals surface area contributed by atoms with Crippen LogP contribution >= 0.6 is 35.2 Å². The molecule has 12 heavy (non-hydrogen) atoms. The van der Waals surface area contributed by atoms with E-state index >= 15 is 0 Å². The lowest BCUT2D eigenvalue weighted by Gasteiger charge is -2.03. The van der Waals surface area contributed by atoms with Gasteiger partial charge in [-0.25, -0.2) is 0 Å². The normalized spacial score (nSPS) is 9.92. The molecule has 0 fully saturated rings. The van der Waals surface area contributed by atoms with E-state index in [0.717, 1.165) is 5.56 Å². The second-order valence-corrected chi connectivity index (χ2v) is 4.02. The Morgan fingerprint density at radius 2 is 2.17 bits per heavy atom. The molecule has 1 rings (SSSR count). The van der Waals surface area contributed by atoms with Gasteiger partial charge in [0.15, 0.2) is 0 Å². The van der Waals surface area contributed by atoms with E-state index in [1.165, 1.54) is 0 Å². The summed E-state index contributed by atoms with van der Waals surface area (Å²) in [5.41, 5.74) is 1.21. The molecule has 0 aliphatic rings. The van der Waals surface area contributed by atoms with Gasteiger partial charge in [0.2, 0.25) is 5.12 Å². The summed E-state index contributed by atoms with van der Waals surface area (Å²) in [5.74, 6) is 0.0150. The summed E-state index contributed by atoms with van der Waals surface area (Å²) in [6.07, 6.45) is 0. The summed E-state index contributed by atoms with van der Waals surface area (Å²) in [5, 5.41) is 9.01. The first-order valence-electron chi connectivity index (χ1n) is 3.25. The summed E-state index contributed by atoms with van der Waals surface area (Å²) in [6, 6.07) is 3.42. The molecule has 0 unspecified atom stereocenters. The van der Waals surface area contributed by atoms with Crippen molar-refractivity contribution in [1.29, 1.82) is 0 Å². The second kappa shape index (κ2) is 3.66. The first-order chi connectivity index (χ1) is 5.52. The van der Waals surface area contributed by atoms with Gasteiger partial charge in [0.25, 0.3) is 0 Å². The highest BCUT2D eigenvalue weighted by Crippen LogP contribution is 2.26. The van der Waals surface area contributed by atoms with Crippen LogP contribution in [0.3, 0.4) is 0 Å². The van der Waals surface area contributed by atoms with Crippen molar-refractivity contribution < 1.29 is 9.90 Å². The van der Waals surface area contributed by atoms with Gasteiger partial charge in [0, 0.05) is 0 Å². The molecule has 0 heterocycles.